The number of nitrogens with zero attached hydrogens (tertiary/aromatic N) is 3. The van der Waals surface area contributed by atoms with Gasteiger partial charge in [0.2, 0.25) is 11.7 Å². The van der Waals surface area contributed by atoms with E-state index in [1.54, 1.807) is 12.1 Å². The van der Waals surface area contributed by atoms with Crippen molar-refractivity contribution in [2.24, 2.45) is 0 Å². The number of nitro benzene ring substituents is 1. The van der Waals surface area contributed by atoms with Gasteiger partial charge in [-0.1, -0.05) is 23.9 Å². The van der Waals surface area contributed by atoms with Gasteiger partial charge < -0.3 is 4.52 Å². The third-order valence-corrected chi connectivity index (χ3v) is 1.93. The van der Waals surface area contributed by atoms with Crippen LogP contribution in [0.3, 0.4) is 0 Å². The molecule has 0 aliphatic heterocycles. The Labute approximate surface area is 90.4 Å². The van der Waals surface area contributed by atoms with Crippen LogP contribution in [-0.4, -0.2) is 15.1 Å². The van der Waals surface area contributed by atoms with Crippen LogP contribution in [-0.2, 0) is 0 Å². The number of hydrogen-bond acceptors (Lipinski definition) is 5. The van der Waals surface area contributed by atoms with Crippen LogP contribution in [0.25, 0.3) is 17.5 Å². The second kappa shape index (κ2) is 3.93. The molecule has 0 N–H and O–H groups in total. The summed E-state index contributed by atoms with van der Waals surface area (Å²) in [4.78, 5) is 14.1. The lowest BCUT2D eigenvalue weighted by atomic mass is 10.2. The molecule has 16 heavy (non-hydrogen) atoms. The SMILES string of the molecule is C=Cc1nc(-c2cccc([N+](=O)[O-])c2)no1. The van der Waals surface area contributed by atoms with Gasteiger partial charge in [-0.3, -0.25) is 10.1 Å². The predicted molar refractivity (Wildman–Crippen MR) is 56.5 cm³/mol. The summed E-state index contributed by atoms with van der Waals surface area (Å²) in [5.41, 5.74) is 0.522. The van der Waals surface area contributed by atoms with E-state index in [2.05, 4.69) is 16.7 Å². The third-order valence-electron chi connectivity index (χ3n) is 1.93. The van der Waals surface area contributed by atoms with Gasteiger partial charge in [0.05, 0.1) is 4.92 Å². The highest BCUT2D eigenvalue weighted by Gasteiger charge is 2.11. The Morgan fingerprint density at radius 1 is 1.50 bits per heavy atom. The highest BCUT2D eigenvalue weighted by molar-refractivity contribution is 5.59. The van der Waals surface area contributed by atoms with Gasteiger partial charge >= 0.3 is 0 Å². The maximum atomic E-state index is 10.6. The summed E-state index contributed by atoms with van der Waals surface area (Å²) < 4.78 is 4.82. The predicted octanol–water partition coefficient (Wildman–Crippen LogP) is 2.29. The summed E-state index contributed by atoms with van der Waals surface area (Å²) in [7, 11) is 0. The molecule has 6 nitrogen and oxygen atoms in total. The van der Waals surface area contributed by atoms with Gasteiger partial charge in [-0.2, -0.15) is 4.98 Å². The van der Waals surface area contributed by atoms with Crippen LogP contribution in [0.4, 0.5) is 5.69 Å². The first kappa shape index (κ1) is 10.0. The Morgan fingerprint density at radius 2 is 2.31 bits per heavy atom. The Bertz CT molecular complexity index is 548. The molecule has 0 radical (unpaired) electrons. The zero-order valence-electron chi connectivity index (χ0n) is 8.16. The molecule has 0 atom stereocenters. The van der Waals surface area contributed by atoms with E-state index in [0.717, 1.165) is 0 Å². The smallest absolute Gasteiger partial charge is 0.270 e. The molecule has 0 fully saturated rings. The number of rotatable bonds is 3. The molecule has 80 valence electrons. The molecule has 1 aromatic heterocycles. The molecule has 2 aromatic rings. The molecule has 0 saturated heterocycles. The molecule has 0 unspecified atom stereocenters. The minimum Gasteiger partial charge on any atom is -0.334 e. The molecule has 0 saturated carbocycles. The molecule has 1 heterocycles. The Hall–Kier alpha value is -2.50. The van der Waals surface area contributed by atoms with Crippen molar-refractivity contribution in [3.8, 4) is 11.4 Å². The average Bonchev–Trinajstić information content (AvgIpc) is 2.77. The van der Waals surface area contributed by atoms with Crippen LogP contribution in [0.2, 0.25) is 0 Å². The molecule has 2 rings (SSSR count). The number of benzene rings is 1. The number of nitro groups is 1. The molecule has 1 aromatic carbocycles. The van der Waals surface area contributed by atoms with E-state index in [-0.39, 0.29) is 11.6 Å². The quantitative estimate of drug-likeness (QED) is 0.581. The third kappa shape index (κ3) is 1.81. The largest absolute Gasteiger partial charge is 0.334 e. The molecular formula is C10H7N3O3. The second-order valence-corrected chi connectivity index (χ2v) is 2.97. The summed E-state index contributed by atoms with van der Waals surface area (Å²) in [5, 5.41) is 14.2. The highest BCUT2D eigenvalue weighted by Crippen LogP contribution is 2.21. The second-order valence-electron chi connectivity index (χ2n) is 2.97. The summed E-state index contributed by atoms with van der Waals surface area (Å²) >= 11 is 0. The van der Waals surface area contributed by atoms with Crippen LogP contribution in [0.5, 0.6) is 0 Å². The van der Waals surface area contributed by atoms with Gasteiger partial charge in [0.25, 0.3) is 5.69 Å². The minimum absolute atomic E-state index is 0.0116. The van der Waals surface area contributed by atoms with Gasteiger partial charge in [0.15, 0.2) is 0 Å². The zero-order chi connectivity index (χ0) is 11.5. The van der Waals surface area contributed by atoms with Crippen LogP contribution in [0, 0.1) is 10.1 Å². The van der Waals surface area contributed by atoms with Crippen LogP contribution in [0.15, 0.2) is 35.4 Å². The van der Waals surface area contributed by atoms with Crippen molar-refractivity contribution in [3.63, 3.8) is 0 Å². The molecule has 0 spiro atoms. The van der Waals surface area contributed by atoms with Crippen molar-refractivity contribution in [1.29, 1.82) is 0 Å². The van der Waals surface area contributed by atoms with Gasteiger partial charge in [-0.25, -0.2) is 0 Å². The van der Waals surface area contributed by atoms with Gasteiger partial charge in [0, 0.05) is 17.7 Å². The number of non-ortho nitro benzene ring substituents is 1. The molecule has 0 amide bonds. The van der Waals surface area contributed by atoms with Gasteiger partial charge in [-0.05, 0) is 6.08 Å². The lowest BCUT2D eigenvalue weighted by Gasteiger charge is -1.93. The van der Waals surface area contributed by atoms with E-state index in [4.69, 9.17) is 4.52 Å². The van der Waals surface area contributed by atoms with Gasteiger partial charge in [-0.15, -0.1) is 0 Å². The maximum Gasteiger partial charge on any atom is 0.270 e. The first-order valence-electron chi connectivity index (χ1n) is 4.41. The lowest BCUT2D eigenvalue weighted by Crippen LogP contribution is -1.88. The Balaban J connectivity index is 2.43. The lowest BCUT2D eigenvalue weighted by molar-refractivity contribution is -0.384. The fourth-order valence-electron chi connectivity index (χ4n) is 1.19. The van der Waals surface area contributed by atoms with Gasteiger partial charge in [0.1, 0.15) is 0 Å². The van der Waals surface area contributed by atoms with E-state index in [0.29, 0.717) is 11.4 Å². The molecular weight excluding hydrogens is 210 g/mol. The van der Waals surface area contributed by atoms with E-state index >= 15 is 0 Å². The van der Waals surface area contributed by atoms with Crippen molar-refractivity contribution in [3.05, 3.63) is 46.8 Å². The molecule has 0 bridgehead atoms. The van der Waals surface area contributed by atoms with E-state index < -0.39 is 4.92 Å². The van der Waals surface area contributed by atoms with E-state index in [9.17, 15) is 10.1 Å². The Morgan fingerprint density at radius 3 is 2.94 bits per heavy atom. The number of aromatic nitrogens is 2. The first-order chi connectivity index (χ1) is 7.70. The van der Waals surface area contributed by atoms with Crippen LogP contribution >= 0.6 is 0 Å². The molecule has 6 heteroatoms. The zero-order valence-corrected chi connectivity index (χ0v) is 8.16. The first-order valence-corrected chi connectivity index (χ1v) is 4.41. The van der Waals surface area contributed by atoms with Crippen molar-refractivity contribution in [1.82, 2.24) is 10.1 Å². The van der Waals surface area contributed by atoms with Crippen molar-refractivity contribution >= 4 is 11.8 Å². The fourth-order valence-corrected chi connectivity index (χ4v) is 1.19. The standard InChI is InChI=1S/C10H7N3O3/c1-2-9-11-10(12-16-9)7-4-3-5-8(6-7)13(14)15/h2-6H,1H2. The van der Waals surface area contributed by atoms with E-state index in [1.807, 2.05) is 0 Å². The normalized spacial score (nSPS) is 10.0. The summed E-state index contributed by atoms with van der Waals surface area (Å²) in [5.74, 6) is 0.583. The summed E-state index contributed by atoms with van der Waals surface area (Å²) in [6.07, 6.45) is 1.41. The number of hydrogen-bond donors (Lipinski definition) is 0. The summed E-state index contributed by atoms with van der Waals surface area (Å²) in [6, 6.07) is 6.03. The van der Waals surface area contributed by atoms with Crippen molar-refractivity contribution in [2.75, 3.05) is 0 Å². The van der Waals surface area contributed by atoms with Crippen LogP contribution in [0.1, 0.15) is 5.89 Å². The monoisotopic (exact) mass is 217 g/mol. The Kier molecular flexibility index (Phi) is 2.47. The van der Waals surface area contributed by atoms with Crippen molar-refractivity contribution < 1.29 is 9.45 Å². The van der Waals surface area contributed by atoms with Crippen molar-refractivity contribution in [2.45, 2.75) is 0 Å². The average molecular weight is 217 g/mol. The molecule has 0 aliphatic rings. The fraction of sp³-hybridized carbons (Fsp3) is 0. The summed E-state index contributed by atoms with van der Waals surface area (Å²) in [6.45, 7) is 3.48. The highest BCUT2D eigenvalue weighted by atomic mass is 16.6. The van der Waals surface area contributed by atoms with E-state index in [1.165, 1.54) is 18.2 Å². The topological polar surface area (TPSA) is 82.1 Å². The maximum absolute atomic E-state index is 10.6. The molecule has 0 aliphatic carbocycles. The van der Waals surface area contributed by atoms with Crippen LogP contribution < -0.4 is 0 Å². The minimum atomic E-state index is -0.474.